The molecule has 0 aromatic carbocycles. The highest BCUT2D eigenvalue weighted by Gasteiger charge is 2.49. The maximum atomic E-state index is 9.98. The summed E-state index contributed by atoms with van der Waals surface area (Å²) < 4.78 is 5.01. The van der Waals surface area contributed by atoms with Crippen molar-refractivity contribution in [3.63, 3.8) is 0 Å². The summed E-state index contributed by atoms with van der Waals surface area (Å²) in [6, 6.07) is 0. The number of aliphatic hydroxyl groups excluding tert-OH is 10. The lowest BCUT2D eigenvalue weighted by Gasteiger charge is -2.43. The van der Waals surface area contributed by atoms with Gasteiger partial charge in [-0.1, -0.05) is 0 Å². The lowest BCUT2D eigenvalue weighted by Crippen LogP contribution is -2.64. The highest BCUT2D eigenvalue weighted by molar-refractivity contribution is 4.98. The van der Waals surface area contributed by atoms with Crippen LogP contribution in [0, 0.1) is 0 Å². The summed E-state index contributed by atoms with van der Waals surface area (Å²) in [6.07, 6.45) is -18.4. The van der Waals surface area contributed by atoms with Gasteiger partial charge in [-0.3, -0.25) is 0 Å². The lowest BCUT2D eigenvalue weighted by molar-refractivity contribution is -0.264. The molecule has 1 unspecified atom stereocenters. The summed E-state index contributed by atoms with van der Waals surface area (Å²) in [6.45, 7) is -1.67. The average Bonchev–Trinajstić information content (AvgIpc) is 2.56. The van der Waals surface area contributed by atoms with Crippen molar-refractivity contribution < 1.29 is 55.8 Å². The minimum atomic E-state index is -2.13. The molecule has 1 aliphatic heterocycles. The second kappa shape index (κ2) is 8.60. The molecule has 11 heteroatoms. The van der Waals surface area contributed by atoms with E-state index in [2.05, 4.69) is 0 Å². The van der Waals surface area contributed by atoms with Gasteiger partial charge < -0.3 is 55.8 Å². The van der Waals surface area contributed by atoms with E-state index in [0.29, 0.717) is 0 Å². The largest absolute Gasteiger partial charge is 0.394 e. The first-order valence-corrected chi connectivity index (χ1v) is 6.99. The van der Waals surface area contributed by atoms with Gasteiger partial charge in [0.25, 0.3) is 0 Å². The highest BCUT2D eigenvalue weighted by atomic mass is 16.6. The molecular weight excluding hydrogens is 320 g/mol. The molecule has 0 aromatic rings. The van der Waals surface area contributed by atoms with Gasteiger partial charge in [-0.15, -0.1) is 0 Å². The van der Waals surface area contributed by atoms with E-state index in [4.69, 9.17) is 14.9 Å². The summed E-state index contributed by atoms with van der Waals surface area (Å²) in [5.74, 6) is 0. The third-order valence-corrected chi connectivity index (χ3v) is 3.90. The fourth-order valence-corrected chi connectivity index (χ4v) is 2.35. The van der Waals surface area contributed by atoms with Crippen LogP contribution in [0.1, 0.15) is 0 Å². The minimum absolute atomic E-state index is 0.751. The Morgan fingerprint density at radius 2 is 1.30 bits per heavy atom. The molecule has 23 heavy (non-hydrogen) atoms. The Morgan fingerprint density at radius 3 is 1.78 bits per heavy atom. The van der Waals surface area contributed by atoms with Crippen LogP contribution >= 0.6 is 0 Å². The first kappa shape index (κ1) is 20.6. The molecule has 1 fully saturated rings. The number of hydrogen-bond donors (Lipinski definition) is 10. The van der Waals surface area contributed by atoms with Crippen molar-refractivity contribution in [3.05, 3.63) is 0 Å². The van der Waals surface area contributed by atoms with E-state index in [-0.39, 0.29) is 0 Å². The van der Waals surface area contributed by atoms with Gasteiger partial charge >= 0.3 is 0 Å². The molecule has 0 amide bonds. The van der Waals surface area contributed by atoms with Crippen LogP contribution in [0.15, 0.2) is 0 Å². The van der Waals surface area contributed by atoms with E-state index in [1.807, 2.05) is 0 Å². The summed E-state index contributed by atoms with van der Waals surface area (Å²) in [4.78, 5) is 0. The Balaban J connectivity index is 2.83. The first-order chi connectivity index (χ1) is 10.7. The van der Waals surface area contributed by atoms with Crippen molar-refractivity contribution in [1.29, 1.82) is 0 Å². The van der Waals surface area contributed by atoms with Crippen LogP contribution in [0.5, 0.6) is 0 Å². The summed E-state index contributed by atoms with van der Waals surface area (Å²) in [5, 5.41) is 94.9. The fraction of sp³-hybridized carbons (Fsp3) is 1.00. The van der Waals surface area contributed by atoms with E-state index in [9.17, 15) is 40.9 Å². The number of aliphatic hydroxyl groups is 10. The Bertz CT molecular complexity index is 354. The van der Waals surface area contributed by atoms with Gasteiger partial charge in [-0.2, -0.15) is 0 Å². The molecule has 11 nitrogen and oxygen atoms in total. The van der Waals surface area contributed by atoms with Crippen LogP contribution in [-0.2, 0) is 4.74 Å². The highest BCUT2D eigenvalue weighted by Crippen LogP contribution is 2.25. The van der Waals surface area contributed by atoms with Crippen molar-refractivity contribution in [2.75, 3.05) is 13.2 Å². The van der Waals surface area contributed by atoms with Gasteiger partial charge in [0, 0.05) is 0 Å². The van der Waals surface area contributed by atoms with E-state index in [1.54, 1.807) is 0 Å². The third kappa shape index (κ3) is 4.35. The average molecular weight is 344 g/mol. The number of hydrogen-bond acceptors (Lipinski definition) is 11. The molecule has 0 bridgehead atoms. The topological polar surface area (TPSA) is 212 Å². The molecule has 0 aromatic heterocycles. The molecule has 1 heterocycles. The Kier molecular flexibility index (Phi) is 7.70. The molecule has 0 aliphatic carbocycles. The standard InChI is InChI=1S/C12H24O11/c13-1-3(15)5(16)7(18)9(20)11(22)12-10(21)8(19)6(17)4(2-14)23-12/h3-22H,1-2H2/t3-,4-,5-,6-,7+,8+,9-,10-,11?,12+/m1/s1. The summed E-state index contributed by atoms with van der Waals surface area (Å²) in [5.41, 5.74) is 0. The predicted molar refractivity (Wildman–Crippen MR) is 70.9 cm³/mol. The molecule has 0 spiro atoms. The van der Waals surface area contributed by atoms with Crippen molar-refractivity contribution in [2.24, 2.45) is 0 Å². The van der Waals surface area contributed by atoms with Gasteiger partial charge in [0.1, 0.15) is 61.0 Å². The van der Waals surface area contributed by atoms with Gasteiger partial charge in [0.2, 0.25) is 0 Å². The predicted octanol–water partition coefficient (Wildman–Crippen LogP) is -6.37. The molecule has 1 saturated heterocycles. The minimum Gasteiger partial charge on any atom is -0.394 e. The van der Waals surface area contributed by atoms with Crippen LogP contribution < -0.4 is 0 Å². The Hall–Kier alpha value is -0.440. The number of rotatable bonds is 7. The smallest absolute Gasteiger partial charge is 0.115 e. The Morgan fingerprint density at radius 1 is 0.739 bits per heavy atom. The van der Waals surface area contributed by atoms with E-state index in [0.717, 1.165) is 0 Å². The maximum absolute atomic E-state index is 9.98. The van der Waals surface area contributed by atoms with Gasteiger partial charge in [-0.25, -0.2) is 0 Å². The maximum Gasteiger partial charge on any atom is 0.115 e. The van der Waals surface area contributed by atoms with Gasteiger partial charge in [0.15, 0.2) is 0 Å². The number of ether oxygens (including phenoxy) is 1. The van der Waals surface area contributed by atoms with Gasteiger partial charge in [-0.05, 0) is 0 Å². The summed E-state index contributed by atoms with van der Waals surface area (Å²) in [7, 11) is 0. The molecule has 10 atom stereocenters. The monoisotopic (exact) mass is 344 g/mol. The molecular formula is C12H24O11. The Labute approximate surface area is 131 Å². The van der Waals surface area contributed by atoms with Crippen molar-refractivity contribution >= 4 is 0 Å². The van der Waals surface area contributed by atoms with Gasteiger partial charge in [0.05, 0.1) is 13.2 Å². The zero-order valence-electron chi connectivity index (χ0n) is 12.1. The molecule has 10 N–H and O–H groups in total. The lowest BCUT2D eigenvalue weighted by atomic mass is 9.88. The quantitative estimate of drug-likeness (QED) is 0.210. The normalized spacial score (nSPS) is 38.6. The summed E-state index contributed by atoms with van der Waals surface area (Å²) >= 11 is 0. The third-order valence-electron chi connectivity index (χ3n) is 3.90. The fourth-order valence-electron chi connectivity index (χ4n) is 2.35. The van der Waals surface area contributed by atoms with E-state index >= 15 is 0 Å². The molecule has 1 rings (SSSR count). The molecule has 0 radical (unpaired) electrons. The van der Waals surface area contributed by atoms with E-state index in [1.165, 1.54) is 0 Å². The zero-order chi connectivity index (χ0) is 17.9. The van der Waals surface area contributed by atoms with E-state index < -0.39 is 74.3 Å². The molecule has 1 aliphatic rings. The van der Waals surface area contributed by atoms with Crippen LogP contribution in [-0.4, -0.2) is 125 Å². The van der Waals surface area contributed by atoms with Crippen LogP contribution in [0.4, 0.5) is 0 Å². The molecule has 138 valence electrons. The van der Waals surface area contributed by atoms with Crippen molar-refractivity contribution in [2.45, 2.75) is 61.0 Å². The zero-order valence-corrected chi connectivity index (χ0v) is 12.1. The second-order valence-electron chi connectivity index (χ2n) is 5.51. The van der Waals surface area contributed by atoms with Crippen LogP contribution in [0.3, 0.4) is 0 Å². The van der Waals surface area contributed by atoms with Crippen LogP contribution in [0.2, 0.25) is 0 Å². The SMILES string of the molecule is OC[C@@H](O)[C@@H](O)[C@H](O)[C@@H](O)C(O)[C@H]1O[C@H](CO)[C@@H](O)[C@H](O)[C@H]1O. The van der Waals surface area contributed by atoms with Crippen LogP contribution in [0.25, 0.3) is 0 Å². The first-order valence-electron chi connectivity index (χ1n) is 6.99. The second-order valence-corrected chi connectivity index (χ2v) is 5.51. The van der Waals surface area contributed by atoms with Crippen molar-refractivity contribution in [3.8, 4) is 0 Å². The molecule has 0 saturated carbocycles. The van der Waals surface area contributed by atoms with Crippen molar-refractivity contribution in [1.82, 2.24) is 0 Å².